The Morgan fingerprint density at radius 1 is 1.22 bits per heavy atom. The first-order valence-corrected chi connectivity index (χ1v) is 7.87. The number of hydrogen-bond acceptors (Lipinski definition) is 2. The van der Waals surface area contributed by atoms with Crippen molar-refractivity contribution in [2.75, 3.05) is 6.61 Å². The molecule has 2 rings (SSSR count). The van der Waals surface area contributed by atoms with Gasteiger partial charge in [-0.2, -0.15) is 0 Å². The highest BCUT2D eigenvalue weighted by atomic mass is 16.5. The Kier molecular flexibility index (Phi) is 6.92. The minimum atomic E-state index is -0.289. The first-order valence-electron chi connectivity index (χ1n) is 7.87. The lowest BCUT2D eigenvalue weighted by Crippen LogP contribution is -2.11. The number of primary amides is 1. The van der Waals surface area contributed by atoms with Gasteiger partial charge < -0.3 is 10.5 Å². The largest absolute Gasteiger partial charge is 0.493 e. The Bertz CT molecular complexity index is 635. The normalized spacial score (nSPS) is 10.8. The van der Waals surface area contributed by atoms with E-state index < -0.39 is 0 Å². The lowest BCUT2D eigenvalue weighted by Gasteiger charge is -2.10. The van der Waals surface area contributed by atoms with Crippen LogP contribution in [0.4, 0.5) is 0 Å². The zero-order valence-corrected chi connectivity index (χ0v) is 13.2. The topological polar surface area (TPSA) is 52.3 Å². The number of para-hydroxylation sites is 1. The van der Waals surface area contributed by atoms with Crippen molar-refractivity contribution in [3.05, 3.63) is 71.8 Å². The third kappa shape index (κ3) is 6.39. The third-order valence-electron chi connectivity index (χ3n) is 3.43. The molecule has 0 aliphatic carbocycles. The molecule has 23 heavy (non-hydrogen) atoms. The fourth-order valence-electron chi connectivity index (χ4n) is 2.22. The summed E-state index contributed by atoms with van der Waals surface area (Å²) in [5, 5.41) is 0. The summed E-state index contributed by atoms with van der Waals surface area (Å²) >= 11 is 0. The van der Waals surface area contributed by atoms with Gasteiger partial charge in [0.25, 0.3) is 0 Å². The van der Waals surface area contributed by atoms with Crippen LogP contribution in [0.3, 0.4) is 0 Å². The summed E-state index contributed by atoms with van der Waals surface area (Å²) in [6.07, 6.45) is 7.10. The molecule has 0 aliphatic rings. The van der Waals surface area contributed by atoms with E-state index >= 15 is 0 Å². The number of ether oxygens (including phenoxy) is 1. The molecule has 1 radical (unpaired) electrons. The molecule has 2 aromatic carbocycles. The van der Waals surface area contributed by atoms with Gasteiger partial charge in [-0.15, -0.1) is 0 Å². The number of amides is 1. The molecule has 0 saturated heterocycles. The molecule has 0 aromatic heterocycles. The molecule has 0 atom stereocenters. The van der Waals surface area contributed by atoms with Crippen LogP contribution >= 0.6 is 0 Å². The van der Waals surface area contributed by atoms with Crippen LogP contribution in [0.1, 0.15) is 30.4 Å². The third-order valence-corrected chi connectivity index (χ3v) is 3.43. The zero-order valence-electron chi connectivity index (χ0n) is 13.2. The quantitative estimate of drug-likeness (QED) is 0.717. The molecule has 0 unspecified atom stereocenters. The van der Waals surface area contributed by atoms with E-state index in [2.05, 4.69) is 24.3 Å². The summed E-state index contributed by atoms with van der Waals surface area (Å²) in [5.41, 5.74) is 7.39. The monoisotopic (exact) mass is 308 g/mol. The second-order valence-electron chi connectivity index (χ2n) is 5.30. The Balaban J connectivity index is 1.74. The maximum atomic E-state index is 10.9. The van der Waals surface area contributed by atoms with Gasteiger partial charge in [0.1, 0.15) is 5.75 Å². The summed E-state index contributed by atoms with van der Waals surface area (Å²) < 4.78 is 5.83. The van der Waals surface area contributed by atoms with Gasteiger partial charge in [-0.1, -0.05) is 48.6 Å². The molecule has 0 aliphatic heterocycles. The van der Waals surface area contributed by atoms with Gasteiger partial charge in [-0.25, -0.2) is 0 Å². The summed E-state index contributed by atoms with van der Waals surface area (Å²) in [4.78, 5) is 10.9. The molecule has 2 N–H and O–H groups in total. The second kappa shape index (κ2) is 9.46. The average Bonchev–Trinajstić information content (AvgIpc) is 2.58. The van der Waals surface area contributed by atoms with Crippen molar-refractivity contribution in [3.8, 4) is 5.75 Å². The van der Waals surface area contributed by atoms with E-state index in [-0.39, 0.29) is 5.91 Å². The van der Waals surface area contributed by atoms with E-state index in [9.17, 15) is 4.79 Å². The van der Waals surface area contributed by atoms with E-state index in [0.717, 1.165) is 29.7 Å². The van der Waals surface area contributed by atoms with Crippen molar-refractivity contribution < 1.29 is 9.53 Å². The van der Waals surface area contributed by atoms with Gasteiger partial charge in [0.05, 0.1) is 6.61 Å². The van der Waals surface area contributed by atoms with Crippen LogP contribution in [-0.4, -0.2) is 12.5 Å². The van der Waals surface area contributed by atoms with Gasteiger partial charge in [0, 0.05) is 6.42 Å². The maximum absolute atomic E-state index is 10.9. The Morgan fingerprint density at radius 3 is 2.87 bits per heavy atom. The fraction of sp³-hybridized carbons (Fsp3) is 0.250. The maximum Gasteiger partial charge on any atom is 0.217 e. The van der Waals surface area contributed by atoms with Crippen molar-refractivity contribution in [1.29, 1.82) is 0 Å². The average molecular weight is 308 g/mol. The highest BCUT2D eigenvalue weighted by Crippen LogP contribution is 2.19. The summed E-state index contributed by atoms with van der Waals surface area (Å²) in [6.45, 7) is 0.652. The molecule has 0 bridgehead atoms. The van der Waals surface area contributed by atoms with Gasteiger partial charge in [-0.05, 0) is 48.6 Å². The molecule has 119 valence electrons. The number of carbonyl (C=O) groups excluding carboxylic acids is 1. The highest BCUT2D eigenvalue weighted by molar-refractivity contribution is 5.74. The number of allylic oxidation sites excluding steroid dienone is 1. The van der Waals surface area contributed by atoms with Crippen LogP contribution in [0.15, 0.2) is 54.6 Å². The SMILES string of the molecule is NC(=O)CCc1ccccc1OCCC/C=C/c1c[c]ccc1. The lowest BCUT2D eigenvalue weighted by molar-refractivity contribution is -0.117. The van der Waals surface area contributed by atoms with Crippen molar-refractivity contribution in [2.45, 2.75) is 25.7 Å². The second-order valence-corrected chi connectivity index (χ2v) is 5.30. The number of hydrogen-bond donors (Lipinski definition) is 1. The molecular formula is C20H22NO2. The van der Waals surface area contributed by atoms with Crippen LogP contribution in [0.2, 0.25) is 0 Å². The van der Waals surface area contributed by atoms with E-state index in [4.69, 9.17) is 10.5 Å². The van der Waals surface area contributed by atoms with E-state index in [1.54, 1.807) is 0 Å². The molecule has 1 amide bonds. The molecular weight excluding hydrogens is 286 g/mol. The van der Waals surface area contributed by atoms with Crippen molar-refractivity contribution in [1.82, 2.24) is 0 Å². The van der Waals surface area contributed by atoms with Gasteiger partial charge in [0.15, 0.2) is 0 Å². The van der Waals surface area contributed by atoms with Crippen molar-refractivity contribution in [2.24, 2.45) is 5.73 Å². The Morgan fingerprint density at radius 2 is 2.09 bits per heavy atom. The van der Waals surface area contributed by atoms with Gasteiger partial charge in [-0.3, -0.25) is 4.79 Å². The van der Waals surface area contributed by atoms with Crippen LogP contribution in [0, 0.1) is 6.07 Å². The van der Waals surface area contributed by atoms with E-state index in [0.29, 0.717) is 19.4 Å². The highest BCUT2D eigenvalue weighted by Gasteiger charge is 2.04. The molecule has 0 spiro atoms. The van der Waals surface area contributed by atoms with Crippen LogP contribution in [0.5, 0.6) is 5.75 Å². The number of unbranched alkanes of at least 4 members (excludes halogenated alkanes) is 1. The van der Waals surface area contributed by atoms with Crippen LogP contribution in [0.25, 0.3) is 6.08 Å². The summed E-state index contributed by atoms with van der Waals surface area (Å²) in [7, 11) is 0. The molecule has 0 heterocycles. The minimum Gasteiger partial charge on any atom is -0.493 e. The summed E-state index contributed by atoms with van der Waals surface area (Å²) in [5.74, 6) is 0.554. The predicted octanol–water partition coefficient (Wildman–Crippen LogP) is 3.78. The first-order chi connectivity index (χ1) is 11.3. The molecule has 3 nitrogen and oxygen atoms in total. The minimum absolute atomic E-state index is 0.289. The molecule has 3 heteroatoms. The molecule has 0 fully saturated rings. The Hall–Kier alpha value is -2.55. The predicted molar refractivity (Wildman–Crippen MR) is 93.0 cm³/mol. The number of rotatable bonds is 9. The zero-order chi connectivity index (χ0) is 16.3. The molecule has 0 saturated carbocycles. The smallest absolute Gasteiger partial charge is 0.217 e. The van der Waals surface area contributed by atoms with Crippen LogP contribution < -0.4 is 10.5 Å². The number of aryl methyl sites for hydroxylation is 1. The van der Waals surface area contributed by atoms with E-state index in [1.165, 1.54) is 0 Å². The number of benzene rings is 2. The first kappa shape index (κ1) is 16.8. The number of nitrogens with two attached hydrogens (primary N) is 1. The molecule has 2 aromatic rings. The Labute approximate surface area is 137 Å². The van der Waals surface area contributed by atoms with Crippen molar-refractivity contribution in [3.63, 3.8) is 0 Å². The van der Waals surface area contributed by atoms with Gasteiger partial charge >= 0.3 is 0 Å². The number of carbonyl (C=O) groups is 1. The van der Waals surface area contributed by atoms with Gasteiger partial charge in [0.2, 0.25) is 5.91 Å². The summed E-state index contributed by atoms with van der Waals surface area (Å²) in [6, 6.07) is 18.7. The lowest BCUT2D eigenvalue weighted by atomic mass is 10.1. The standard InChI is InChI=1S/C20H22NO2/c21-20(22)15-14-18-12-6-7-13-19(18)23-16-8-2-5-11-17-9-3-1-4-10-17/h1,3,5-7,9-13H,2,8,14-16H2,(H2,21,22)/b11-5+. The fourth-order valence-corrected chi connectivity index (χ4v) is 2.22. The van der Waals surface area contributed by atoms with E-state index in [1.807, 2.05) is 42.5 Å². The van der Waals surface area contributed by atoms with Crippen LogP contribution in [-0.2, 0) is 11.2 Å². The van der Waals surface area contributed by atoms with Crippen molar-refractivity contribution >= 4 is 12.0 Å².